The van der Waals surface area contributed by atoms with Gasteiger partial charge in [0.2, 0.25) is 0 Å². The van der Waals surface area contributed by atoms with Gasteiger partial charge in [-0.3, -0.25) is 4.90 Å². The van der Waals surface area contributed by atoms with Crippen molar-refractivity contribution >= 4 is 31.9 Å². The van der Waals surface area contributed by atoms with Crippen molar-refractivity contribution in [3.05, 3.63) is 34.1 Å². The first-order valence-corrected chi connectivity index (χ1v) is 7.85. The fraction of sp³-hybridized carbons (Fsp3) is 0.538. The van der Waals surface area contributed by atoms with Gasteiger partial charge < -0.3 is 0 Å². The van der Waals surface area contributed by atoms with Crippen LogP contribution in [0.2, 0.25) is 0 Å². The molecule has 94 valence electrons. The molecule has 1 aromatic rings. The van der Waals surface area contributed by atoms with Gasteiger partial charge in [-0.2, -0.15) is 0 Å². The smallest absolute Gasteiger partial charge is 0.124 e. The molecule has 17 heavy (non-hydrogen) atoms. The number of benzene rings is 1. The second-order valence-corrected chi connectivity index (χ2v) is 6.12. The van der Waals surface area contributed by atoms with E-state index < -0.39 is 0 Å². The Bertz CT molecular complexity index is 363. The molecule has 0 N–H and O–H groups in total. The summed E-state index contributed by atoms with van der Waals surface area (Å²) in [6, 6.07) is 5.72. The lowest BCUT2D eigenvalue weighted by molar-refractivity contribution is 0.156. The zero-order chi connectivity index (χ0) is 12.3. The summed E-state index contributed by atoms with van der Waals surface area (Å²) in [5.41, 5.74) is 1.05. The van der Waals surface area contributed by atoms with Crippen LogP contribution in [0.5, 0.6) is 0 Å². The van der Waals surface area contributed by atoms with Crippen LogP contribution in [0, 0.1) is 5.82 Å². The van der Waals surface area contributed by atoms with Gasteiger partial charge in [-0.1, -0.05) is 38.3 Å². The average Bonchev–Trinajstić information content (AvgIpc) is 2.28. The minimum Gasteiger partial charge on any atom is -0.295 e. The maximum absolute atomic E-state index is 13.3. The first-order valence-electron chi connectivity index (χ1n) is 5.94. The van der Waals surface area contributed by atoms with E-state index in [-0.39, 0.29) is 5.82 Å². The molecule has 0 saturated carbocycles. The van der Waals surface area contributed by atoms with Crippen LogP contribution in [-0.4, -0.2) is 22.8 Å². The van der Waals surface area contributed by atoms with Crippen molar-refractivity contribution in [3.8, 4) is 0 Å². The largest absolute Gasteiger partial charge is 0.295 e. The Morgan fingerprint density at radius 3 is 2.82 bits per heavy atom. The summed E-state index contributed by atoms with van der Waals surface area (Å²) in [5.74, 6) is -0.165. The molecule has 1 aliphatic heterocycles. The molecule has 1 fully saturated rings. The Kier molecular flexibility index (Phi) is 5.00. The Hall–Kier alpha value is 0.0700. The first kappa shape index (κ1) is 13.5. The van der Waals surface area contributed by atoms with Crippen LogP contribution < -0.4 is 0 Å². The highest BCUT2D eigenvalue weighted by Gasteiger charge is 2.21. The lowest BCUT2D eigenvalue weighted by Gasteiger charge is -2.34. The van der Waals surface area contributed by atoms with Crippen molar-refractivity contribution in [2.45, 2.75) is 31.8 Å². The van der Waals surface area contributed by atoms with Gasteiger partial charge >= 0.3 is 0 Å². The van der Waals surface area contributed by atoms with E-state index in [0.29, 0.717) is 6.04 Å². The summed E-state index contributed by atoms with van der Waals surface area (Å²) < 4.78 is 14.1. The lowest BCUT2D eigenvalue weighted by atomic mass is 10.0. The molecule has 0 radical (unpaired) electrons. The Morgan fingerprint density at radius 2 is 2.12 bits per heavy atom. The molecule has 0 aliphatic carbocycles. The van der Waals surface area contributed by atoms with Crippen molar-refractivity contribution in [2.24, 2.45) is 0 Å². The van der Waals surface area contributed by atoms with Gasteiger partial charge in [-0.25, -0.2) is 4.39 Å². The normalized spacial score (nSPS) is 21.7. The number of hydrogen-bond donors (Lipinski definition) is 0. The highest BCUT2D eigenvalue weighted by molar-refractivity contribution is 9.10. The molecular weight excluding hydrogens is 349 g/mol. The van der Waals surface area contributed by atoms with Crippen molar-refractivity contribution in [1.29, 1.82) is 0 Å². The molecular formula is C13H16Br2FN. The average molecular weight is 365 g/mol. The maximum atomic E-state index is 13.3. The van der Waals surface area contributed by atoms with E-state index in [4.69, 9.17) is 0 Å². The Morgan fingerprint density at radius 1 is 1.29 bits per heavy atom. The second kappa shape index (κ2) is 6.30. The molecule has 0 spiro atoms. The monoisotopic (exact) mass is 363 g/mol. The molecule has 0 bridgehead atoms. The molecule has 4 heteroatoms. The third kappa shape index (κ3) is 3.76. The number of alkyl halides is 1. The zero-order valence-corrected chi connectivity index (χ0v) is 12.8. The maximum Gasteiger partial charge on any atom is 0.124 e. The van der Waals surface area contributed by atoms with Gasteiger partial charge in [0, 0.05) is 22.4 Å². The molecule has 2 rings (SSSR count). The predicted molar refractivity (Wildman–Crippen MR) is 75.9 cm³/mol. The van der Waals surface area contributed by atoms with Crippen molar-refractivity contribution in [3.63, 3.8) is 0 Å². The Labute approximate surface area is 119 Å². The molecule has 0 amide bonds. The molecule has 1 atom stereocenters. The molecule has 1 aromatic carbocycles. The zero-order valence-electron chi connectivity index (χ0n) is 9.63. The SMILES string of the molecule is Fc1cc(Br)cc(CN2CCCCC2CBr)c1. The number of hydrogen-bond acceptors (Lipinski definition) is 1. The number of rotatable bonds is 3. The van der Waals surface area contributed by atoms with Crippen molar-refractivity contribution in [1.82, 2.24) is 4.90 Å². The number of halogens is 3. The van der Waals surface area contributed by atoms with E-state index in [1.54, 1.807) is 6.07 Å². The van der Waals surface area contributed by atoms with E-state index in [0.717, 1.165) is 28.5 Å². The van der Waals surface area contributed by atoms with E-state index >= 15 is 0 Å². The summed E-state index contributed by atoms with van der Waals surface area (Å²) in [6.07, 6.45) is 3.79. The lowest BCUT2D eigenvalue weighted by Crippen LogP contribution is -2.39. The van der Waals surface area contributed by atoms with E-state index in [1.807, 2.05) is 6.07 Å². The van der Waals surface area contributed by atoms with Crippen molar-refractivity contribution in [2.75, 3.05) is 11.9 Å². The second-order valence-electron chi connectivity index (χ2n) is 4.55. The van der Waals surface area contributed by atoms with Gasteiger partial charge in [0.25, 0.3) is 0 Å². The third-order valence-electron chi connectivity index (χ3n) is 3.24. The summed E-state index contributed by atoms with van der Waals surface area (Å²) in [5, 5.41) is 1.00. The Balaban J connectivity index is 2.08. The minimum atomic E-state index is -0.165. The summed E-state index contributed by atoms with van der Waals surface area (Å²) in [6.45, 7) is 1.96. The highest BCUT2D eigenvalue weighted by atomic mass is 79.9. The number of piperidine rings is 1. The van der Waals surface area contributed by atoms with Crippen LogP contribution in [0.25, 0.3) is 0 Å². The third-order valence-corrected chi connectivity index (χ3v) is 4.44. The molecule has 1 unspecified atom stereocenters. The quantitative estimate of drug-likeness (QED) is 0.721. The fourth-order valence-electron chi connectivity index (χ4n) is 2.38. The van der Waals surface area contributed by atoms with Gasteiger partial charge in [-0.05, 0) is 43.1 Å². The topological polar surface area (TPSA) is 3.24 Å². The van der Waals surface area contributed by atoms with Gasteiger partial charge in [0.05, 0.1) is 0 Å². The molecule has 1 nitrogen and oxygen atoms in total. The summed E-state index contributed by atoms with van der Waals surface area (Å²) in [7, 11) is 0. The first-order chi connectivity index (χ1) is 8.19. The van der Waals surface area contributed by atoms with Crippen LogP contribution in [0.1, 0.15) is 24.8 Å². The number of likely N-dealkylation sites (tertiary alicyclic amines) is 1. The van der Waals surface area contributed by atoms with Crippen LogP contribution in [0.3, 0.4) is 0 Å². The van der Waals surface area contributed by atoms with E-state index in [1.165, 1.54) is 25.3 Å². The highest BCUT2D eigenvalue weighted by Crippen LogP contribution is 2.23. The van der Waals surface area contributed by atoms with Gasteiger partial charge in [0.15, 0.2) is 0 Å². The van der Waals surface area contributed by atoms with Crippen LogP contribution >= 0.6 is 31.9 Å². The molecule has 0 aromatic heterocycles. The summed E-state index contributed by atoms with van der Waals surface area (Å²) in [4.78, 5) is 2.44. The minimum absolute atomic E-state index is 0.165. The molecule has 1 heterocycles. The van der Waals surface area contributed by atoms with Crippen LogP contribution in [0.15, 0.2) is 22.7 Å². The number of nitrogens with zero attached hydrogens (tertiary/aromatic N) is 1. The van der Waals surface area contributed by atoms with Crippen LogP contribution in [-0.2, 0) is 6.54 Å². The van der Waals surface area contributed by atoms with Gasteiger partial charge in [-0.15, -0.1) is 0 Å². The van der Waals surface area contributed by atoms with E-state index in [2.05, 4.69) is 36.8 Å². The van der Waals surface area contributed by atoms with Crippen molar-refractivity contribution < 1.29 is 4.39 Å². The fourth-order valence-corrected chi connectivity index (χ4v) is 3.63. The van der Waals surface area contributed by atoms with E-state index in [9.17, 15) is 4.39 Å². The van der Waals surface area contributed by atoms with Gasteiger partial charge in [0.1, 0.15) is 5.82 Å². The molecule has 1 saturated heterocycles. The molecule has 1 aliphatic rings. The summed E-state index contributed by atoms with van der Waals surface area (Å²) >= 11 is 6.91. The van der Waals surface area contributed by atoms with Crippen LogP contribution in [0.4, 0.5) is 4.39 Å². The standard InChI is InChI=1S/C13H16Br2FN/c14-8-13-3-1-2-4-17(13)9-10-5-11(15)7-12(16)6-10/h5-7,13H,1-4,8-9H2. The predicted octanol–water partition coefficient (Wildman–Crippen LogP) is 4.34.